The van der Waals surface area contributed by atoms with E-state index in [4.69, 9.17) is 5.26 Å². The van der Waals surface area contributed by atoms with Gasteiger partial charge in [-0.15, -0.1) is 0 Å². The molecule has 0 bridgehead atoms. The lowest BCUT2D eigenvalue weighted by Gasteiger charge is -2.32. The molecule has 0 unspecified atom stereocenters. The number of nitrogens with zero attached hydrogens (tertiary/aromatic N) is 2. The Morgan fingerprint density at radius 2 is 1.77 bits per heavy atom. The van der Waals surface area contributed by atoms with E-state index in [9.17, 15) is 14.4 Å². The topological polar surface area (TPSA) is 114 Å². The summed E-state index contributed by atoms with van der Waals surface area (Å²) in [4.78, 5) is 39.0. The molecule has 3 N–H and O–H groups in total. The molecule has 0 aliphatic carbocycles. The molecular formula is C27H33N5O3. The number of rotatable bonds is 7. The molecule has 0 aromatic heterocycles. The summed E-state index contributed by atoms with van der Waals surface area (Å²) in [6.45, 7) is 7.15. The second-order valence-electron chi connectivity index (χ2n) is 9.18. The van der Waals surface area contributed by atoms with Crippen molar-refractivity contribution in [3.63, 3.8) is 0 Å². The van der Waals surface area contributed by atoms with Crippen molar-refractivity contribution < 1.29 is 14.4 Å². The number of likely N-dealkylation sites (tertiary alicyclic amines) is 1. The summed E-state index contributed by atoms with van der Waals surface area (Å²) in [5, 5.41) is 17.2. The standard InChI is InChI=1S/C27H33N5O3/c1-18(2)30-25(33)10-13-29-27(35)31-24-16-23(7-4-19(24)3)26(34)32-14-11-22(12-15-32)21-8-5-20(17-28)6-9-21/h4-9,16,18,22H,10-15H2,1-3H3,(H,30,33)(H2,29,31,35). The average molecular weight is 476 g/mol. The van der Waals surface area contributed by atoms with E-state index in [1.54, 1.807) is 12.1 Å². The number of nitrogens with one attached hydrogen (secondary N) is 3. The zero-order chi connectivity index (χ0) is 25.4. The van der Waals surface area contributed by atoms with Gasteiger partial charge in [0.1, 0.15) is 0 Å². The normalized spacial score (nSPS) is 13.7. The van der Waals surface area contributed by atoms with Crippen molar-refractivity contribution in [2.45, 2.75) is 52.0 Å². The number of nitriles is 1. The molecular weight excluding hydrogens is 442 g/mol. The molecule has 0 radical (unpaired) electrons. The summed E-state index contributed by atoms with van der Waals surface area (Å²) in [6.07, 6.45) is 1.92. The number of carbonyl (C=O) groups is 3. The Morgan fingerprint density at radius 1 is 1.09 bits per heavy atom. The van der Waals surface area contributed by atoms with Gasteiger partial charge in [-0.1, -0.05) is 18.2 Å². The summed E-state index contributed by atoms with van der Waals surface area (Å²) in [7, 11) is 0. The van der Waals surface area contributed by atoms with Gasteiger partial charge in [0.05, 0.1) is 11.6 Å². The summed E-state index contributed by atoms with van der Waals surface area (Å²) in [6, 6.07) is 14.8. The van der Waals surface area contributed by atoms with Gasteiger partial charge in [-0.05, 0) is 74.9 Å². The highest BCUT2D eigenvalue weighted by molar-refractivity contribution is 5.97. The SMILES string of the molecule is Cc1ccc(C(=O)N2CCC(c3ccc(C#N)cc3)CC2)cc1NC(=O)NCCC(=O)NC(C)C. The van der Waals surface area contributed by atoms with Gasteiger partial charge in [0.2, 0.25) is 5.91 Å². The van der Waals surface area contributed by atoms with E-state index in [1.807, 2.05) is 56.0 Å². The van der Waals surface area contributed by atoms with Crippen LogP contribution in [0.15, 0.2) is 42.5 Å². The molecule has 1 aliphatic heterocycles. The predicted octanol–water partition coefficient (Wildman–Crippen LogP) is 3.92. The van der Waals surface area contributed by atoms with E-state index in [0.717, 1.165) is 18.4 Å². The molecule has 4 amide bonds. The maximum Gasteiger partial charge on any atom is 0.319 e. The first-order valence-electron chi connectivity index (χ1n) is 12.0. The Labute approximate surface area is 206 Å². The van der Waals surface area contributed by atoms with E-state index >= 15 is 0 Å². The first-order valence-corrected chi connectivity index (χ1v) is 12.0. The summed E-state index contributed by atoms with van der Waals surface area (Å²) in [5.74, 6) is 0.192. The third-order valence-corrected chi connectivity index (χ3v) is 6.11. The van der Waals surface area contributed by atoms with Crippen molar-refractivity contribution in [3.05, 3.63) is 64.7 Å². The number of aryl methyl sites for hydroxylation is 1. The molecule has 8 heteroatoms. The Bertz CT molecular complexity index is 1100. The van der Waals surface area contributed by atoms with E-state index in [0.29, 0.717) is 35.8 Å². The van der Waals surface area contributed by atoms with Gasteiger partial charge in [-0.25, -0.2) is 4.79 Å². The van der Waals surface area contributed by atoms with Crippen LogP contribution in [0.25, 0.3) is 0 Å². The Morgan fingerprint density at radius 3 is 2.40 bits per heavy atom. The number of hydrogen-bond donors (Lipinski definition) is 3. The number of piperidine rings is 1. The smallest absolute Gasteiger partial charge is 0.319 e. The first-order chi connectivity index (χ1) is 16.8. The fourth-order valence-corrected chi connectivity index (χ4v) is 4.17. The molecule has 8 nitrogen and oxygen atoms in total. The lowest BCUT2D eigenvalue weighted by molar-refractivity contribution is -0.121. The summed E-state index contributed by atoms with van der Waals surface area (Å²) < 4.78 is 0. The third kappa shape index (κ3) is 7.31. The second kappa shape index (κ2) is 12.0. The van der Waals surface area contributed by atoms with Crippen LogP contribution in [0.5, 0.6) is 0 Å². The molecule has 0 saturated carbocycles. The van der Waals surface area contributed by atoms with E-state index in [1.165, 1.54) is 5.56 Å². The van der Waals surface area contributed by atoms with Gasteiger partial charge < -0.3 is 20.9 Å². The summed E-state index contributed by atoms with van der Waals surface area (Å²) in [5.41, 5.74) is 3.78. The van der Waals surface area contributed by atoms with Crippen LogP contribution >= 0.6 is 0 Å². The largest absolute Gasteiger partial charge is 0.354 e. The molecule has 1 aliphatic rings. The number of carbonyl (C=O) groups excluding carboxylic acids is 3. The Hall–Kier alpha value is -3.86. The van der Waals surface area contributed by atoms with Crippen molar-refractivity contribution >= 4 is 23.5 Å². The maximum absolute atomic E-state index is 13.1. The fraction of sp³-hybridized carbons (Fsp3) is 0.407. The maximum atomic E-state index is 13.1. The molecule has 2 aromatic carbocycles. The van der Waals surface area contributed by atoms with Gasteiger partial charge in [0.15, 0.2) is 0 Å². The number of benzene rings is 2. The van der Waals surface area contributed by atoms with E-state index in [-0.39, 0.29) is 30.8 Å². The van der Waals surface area contributed by atoms with Crippen molar-refractivity contribution in [2.75, 3.05) is 25.0 Å². The lowest BCUT2D eigenvalue weighted by atomic mass is 9.89. The number of amides is 4. The number of hydrogen-bond acceptors (Lipinski definition) is 4. The molecule has 1 saturated heterocycles. The van der Waals surface area contributed by atoms with E-state index in [2.05, 4.69) is 22.0 Å². The van der Waals surface area contributed by atoms with Gasteiger partial charge in [0, 0.05) is 43.3 Å². The molecule has 2 aromatic rings. The minimum atomic E-state index is -0.418. The van der Waals surface area contributed by atoms with Crippen LogP contribution in [0.3, 0.4) is 0 Å². The third-order valence-electron chi connectivity index (χ3n) is 6.11. The van der Waals surface area contributed by atoms with Crippen molar-refractivity contribution in [1.82, 2.24) is 15.5 Å². The van der Waals surface area contributed by atoms with Gasteiger partial charge in [0.25, 0.3) is 5.91 Å². The lowest BCUT2D eigenvalue weighted by Crippen LogP contribution is -2.38. The van der Waals surface area contributed by atoms with Gasteiger partial charge in [-0.2, -0.15) is 5.26 Å². The zero-order valence-corrected chi connectivity index (χ0v) is 20.6. The van der Waals surface area contributed by atoms with Crippen LogP contribution < -0.4 is 16.0 Å². The Kier molecular flexibility index (Phi) is 8.85. The van der Waals surface area contributed by atoms with Gasteiger partial charge in [-0.3, -0.25) is 9.59 Å². The number of urea groups is 1. The molecule has 35 heavy (non-hydrogen) atoms. The van der Waals surface area contributed by atoms with Crippen LogP contribution in [0, 0.1) is 18.3 Å². The zero-order valence-electron chi connectivity index (χ0n) is 20.6. The van der Waals surface area contributed by atoms with Crippen LogP contribution in [0.1, 0.15) is 66.1 Å². The van der Waals surface area contributed by atoms with Crippen LogP contribution in [-0.2, 0) is 4.79 Å². The second-order valence-corrected chi connectivity index (χ2v) is 9.18. The van der Waals surface area contributed by atoms with Crippen molar-refractivity contribution in [3.8, 4) is 6.07 Å². The molecule has 184 valence electrons. The molecule has 1 fully saturated rings. The number of anilines is 1. The molecule has 1 heterocycles. The predicted molar refractivity (Wildman–Crippen MR) is 135 cm³/mol. The average Bonchev–Trinajstić information content (AvgIpc) is 2.84. The van der Waals surface area contributed by atoms with Crippen molar-refractivity contribution in [1.29, 1.82) is 5.26 Å². The molecule has 3 rings (SSSR count). The Balaban J connectivity index is 1.54. The summed E-state index contributed by atoms with van der Waals surface area (Å²) >= 11 is 0. The monoisotopic (exact) mass is 475 g/mol. The highest BCUT2D eigenvalue weighted by atomic mass is 16.2. The molecule has 0 spiro atoms. The van der Waals surface area contributed by atoms with Crippen LogP contribution in [0.2, 0.25) is 0 Å². The quantitative estimate of drug-likeness (QED) is 0.563. The highest BCUT2D eigenvalue weighted by Gasteiger charge is 2.25. The minimum absolute atomic E-state index is 0.0565. The first kappa shape index (κ1) is 25.8. The van der Waals surface area contributed by atoms with Crippen molar-refractivity contribution in [2.24, 2.45) is 0 Å². The molecule has 0 atom stereocenters. The van der Waals surface area contributed by atoms with Crippen LogP contribution in [-0.4, -0.2) is 48.4 Å². The highest BCUT2D eigenvalue weighted by Crippen LogP contribution is 2.29. The minimum Gasteiger partial charge on any atom is -0.354 e. The fourth-order valence-electron chi connectivity index (χ4n) is 4.17. The van der Waals surface area contributed by atoms with E-state index < -0.39 is 6.03 Å². The van der Waals surface area contributed by atoms with Crippen LogP contribution in [0.4, 0.5) is 10.5 Å². The van der Waals surface area contributed by atoms with Gasteiger partial charge >= 0.3 is 6.03 Å².